The van der Waals surface area contributed by atoms with Crippen LogP contribution in [0.1, 0.15) is 20.7 Å². The third-order valence-corrected chi connectivity index (χ3v) is 2.77. The maximum Gasteiger partial charge on any atom is 0.336 e. The van der Waals surface area contributed by atoms with E-state index < -0.39 is 36.9 Å². The summed E-state index contributed by atoms with van der Waals surface area (Å²) < 4.78 is 8.92. The molecule has 0 aliphatic rings. The van der Waals surface area contributed by atoms with Gasteiger partial charge in [0.25, 0.3) is 5.91 Å². The van der Waals surface area contributed by atoms with Crippen LogP contribution in [-0.2, 0) is 19.1 Å². The number of carbonyl (C=O) groups excluding carboxylic acids is 3. The standard InChI is InChI=1S/C14H15NO7/c1-21-11(16)7-15(8-12(17)22-2)13(18)9-5-3-4-6-10(9)14(19)20/h3-6H,7-8H2,1-2H3,(H,19,20). The first-order chi connectivity index (χ1) is 10.4. The highest BCUT2D eigenvalue weighted by Gasteiger charge is 2.25. The van der Waals surface area contributed by atoms with E-state index in [0.717, 1.165) is 19.1 Å². The molecule has 0 spiro atoms. The quantitative estimate of drug-likeness (QED) is 0.746. The van der Waals surface area contributed by atoms with Crippen molar-refractivity contribution in [1.82, 2.24) is 4.90 Å². The van der Waals surface area contributed by atoms with Crippen molar-refractivity contribution in [3.8, 4) is 0 Å². The van der Waals surface area contributed by atoms with E-state index in [1.54, 1.807) is 0 Å². The predicted molar refractivity (Wildman–Crippen MR) is 73.3 cm³/mol. The summed E-state index contributed by atoms with van der Waals surface area (Å²) in [5.41, 5.74) is -0.366. The number of hydrogen-bond acceptors (Lipinski definition) is 6. The highest BCUT2D eigenvalue weighted by molar-refractivity contribution is 6.06. The van der Waals surface area contributed by atoms with E-state index in [1.807, 2.05) is 0 Å². The Labute approximate surface area is 126 Å². The Morgan fingerprint density at radius 2 is 1.41 bits per heavy atom. The molecule has 0 unspecified atom stereocenters. The summed E-state index contributed by atoms with van der Waals surface area (Å²) in [6.45, 7) is -1.00. The van der Waals surface area contributed by atoms with Gasteiger partial charge in [0.05, 0.1) is 25.3 Å². The van der Waals surface area contributed by atoms with Crippen LogP contribution in [0.3, 0.4) is 0 Å². The van der Waals surface area contributed by atoms with Gasteiger partial charge in [0.2, 0.25) is 0 Å². The van der Waals surface area contributed by atoms with E-state index in [9.17, 15) is 19.2 Å². The topological polar surface area (TPSA) is 110 Å². The van der Waals surface area contributed by atoms with E-state index in [2.05, 4.69) is 9.47 Å². The molecule has 8 heteroatoms. The second kappa shape index (κ2) is 7.77. The Morgan fingerprint density at radius 1 is 0.955 bits per heavy atom. The third kappa shape index (κ3) is 4.30. The molecule has 0 atom stereocenters. The molecule has 0 saturated heterocycles. The molecule has 0 saturated carbocycles. The zero-order valence-electron chi connectivity index (χ0n) is 12.1. The largest absolute Gasteiger partial charge is 0.478 e. The summed E-state index contributed by atoms with van der Waals surface area (Å²) >= 11 is 0. The first-order valence-corrected chi connectivity index (χ1v) is 6.16. The van der Waals surface area contributed by atoms with Crippen LogP contribution in [0, 0.1) is 0 Å². The maximum atomic E-state index is 12.4. The Kier molecular flexibility index (Phi) is 6.06. The van der Waals surface area contributed by atoms with Gasteiger partial charge in [0.1, 0.15) is 13.1 Å². The van der Waals surface area contributed by atoms with Crippen molar-refractivity contribution in [2.24, 2.45) is 0 Å². The number of esters is 2. The van der Waals surface area contributed by atoms with Crippen LogP contribution in [0.2, 0.25) is 0 Å². The fourth-order valence-corrected chi connectivity index (χ4v) is 1.67. The fraction of sp³-hybridized carbons (Fsp3) is 0.286. The minimum atomic E-state index is -1.29. The number of nitrogens with zero attached hydrogens (tertiary/aromatic N) is 1. The van der Waals surface area contributed by atoms with Crippen molar-refractivity contribution in [2.75, 3.05) is 27.3 Å². The van der Waals surface area contributed by atoms with Crippen molar-refractivity contribution < 1.29 is 33.8 Å². The number of rotatable bonds is 6. The molecule has 0 heterocycles. The zero-order chi connectivity index (χ0) is 16.7. The van der Waals surface area contributed by atoms with Crippen LogP contribution in [0.15, 0.2) is 24.3 Å². The summed E-state index contributed by atoms with van der Waals surface area (Å²) in [5, 5.41) is 9.10. The molecule has 0 aromatic heterocycles. The normalized spacial score (nSPS) is 9.73. The van der Waals surface area contributed by atoms with Crippen molar-refractivity contribution in [1.29, 1.82) is 0 Å². The van der Waals surface area contributed by atoms with Crippen molar-refractivity contribution >= 4 is 23.8 Å². The van der Waals surface area contributed by atoms with Gasteiger partial charge in [-0.15, -0.1) is 0 Å². The van der Waals surface area contributed by atoms with Gasteiger partial charge in [0, 0.05) is 0 Å². The van der Waals surface area contributed by atoms with E-state index in [0.29, 0.717) is 0 Å². The molecule has 0 aliphatic heterocycles. The molecule has 0 radical (unpaired) electrons. The number of carbonyl (C=O) groups is 4. The Bertz CT molecular complexity index is 579. The van der Waals surface area contributed by atoms with Gasteiger partial charge in [-0.25, -0.2) is 4.79 Å². The van der Waals surface area contributed by atoms with Crippen molar-refractivity contribution in [3.63, 3.8) is 0 Å². The highest BCUT2D eigenvalue weighted by Crippen LogP contribution is 2.12. The number of methoxy groups -OCH3 is 2. The molecule has 0 aliphatic carbocycles. The smallest absolute Gasteiger partial charge is 0.336 e. The minimum absolute atomic E-state index is 0.136. The summed E-state index contributed by atoms with van der Waals surface area (Å²) in [6, 6.07) is 5.50. The average molecular weight is 309 g/mol. The Morgan fingerprint density at radius 3 is 1.82 bits per heavy atom. The molecule has 0 fully saturated rings. The molecule has 22 heavy (non-hydrogen) atoms. The first-order valence-electron chi connectivity index (χ1n) is 6.16. The van der Waals surface area contributed by atoms with E-state index in [4.69, 9.17) is 5.11 Å². The number of hydrogen-bond donors (Lipinski definition) is 1. The minimum Gasteiger partial charge on any atom is -0.478 e. The van der Waals surface area contributed by atoms with Crippen LogP contribution >= 0.6 is 0 Å². The summed E-state index contributed by atoms with van der Waals surface area (Å²) in [5.74, 6) is -3.57. The van der Waals surface area contributed by atoms with Crippen LogP contribution in [0.5, 0.6) is 0 Å². The second-order valence-electron chi connectivity index (χ2n) is 4.16. The summed E-state index contributed by atoms with van der Waals surface area (Å²) in [4.78, 5) is 47.2. The van der Waals surface area contributed by atoms with Crippen LogP contribution in [-0.4, -0.2) is 61.1 Å². The van der Waals surface area contributed by atoms with Crippen LogP contribution in [0.4, 0.5) is 0 Å². The van der Waals surface area contributed by atoms with Crippen molar-refractivity contribution in [2.45, 2.75) is 0 Å². The monoisotopic (exact) mass is 309 g/mol. The lowest BCUT2D eigenvalue weighted by Gasteiger charge is -2.20. The van der Waals surface area contributed by atoms with Crippen LogP contribution in [0.25, 0.3) is 0 Å². The molecule has 1 rings (SSSR count). The summed E-state index contributed by atoms with van der Waals surface area (Å²) in [6.07, 6.45) is 0. The fourth-order valence-electron chi connectivity index (χ4n) is 1.67. The van der Waals surface area contributed by atoms with E-state index >= 15 is 0 Å². The molecule has 118 valence electrons. The number of carboxylic acid groups (broad SMARTS) is 1. The molecular weight excluding hydrogens is 294 g/mol. The number of aromatic carboxylic acids is 1. The number of ether oxygens (including phenoxy) is 2. The SMILES string of the molecule is COC(=O)CN(CC(=O)OC)C(=O)c1ccccc1C(=O)O. The molecule has 0 bridgehead atoms. The number of amides is 1. The molecule has 8 nitrogen and oxygen atoms in total. The third-order valence-electron chi connectivity index (χ3n) is 2.77. The van der Waals surface area contributed by atoms with Crippen LogP contribution < -0.4 is 0 Å². The Hall–Kier alpha value is -2.90. The van der Waals surface area contributed by atoms with Gasteiger partial charge >= 0.3 is 17.9 Å². The Balaban J connectivity index is 3.13. The molecule has 1 N–H and O–H groups in total. The molecule has 1 amide bonds. The van der Waals surface area contributed by atoms with Gasteiger partial charge in [-0.1, -0.05) is 12.1 Å². The van der Waals surface area contributed by atoms with Gasteiger partial charge in [-0.3, -0.25) is 14.4 Å². The molecular formula is C14H15NO7. The van der Waals surface area contributed by atoms with Crippen molar-refractivity contribution in [3.05, 3.63) is 35.4 Å². The average Bonchev–Trinajstić information content (AvgIpc) is 2.52. The lowest BCUT2D eigenvalue weighted by atomic mass is 10.1. The maximum absolute atomic E-state index is 12.4. The first kappa shape index (κ1) is 17.2. The lowest BCUT2D eigenvalue weighted by molar-refractivity contribution is -0.144. The van der Waals surface area contributed by atoms with E-state index in [1.165, 1.54) is 24.3 Å². The number of carboxylic acids is 1. The summed E-state index contributed by atoms with van der Waals surface area (Å²) in [7, 11) is 2.27. The number of benzene rings is 1. The van der Waals surface area contributed by atoms with E-state index in [-0.39, 0.29) is 11.1 Å². The zero-order valence-corrected chi connectivity index (χ0v) is 12.1. The van der Waals surface area contributed by atoms with Gasteiger partial charge in [-0.05, 0) is 12.1 Å². The predicted octanol–water partition coefficient (Wildman–Crippen LogP) is 0.173. The second-order valence-corrected chi connectivity index (χ2v) is 4.16. The molecule has 1 aromatic carbocycles. The highest BCUT2D eigenvalue weighted by atomic mass is 16.5. The molecule has 1 aromatic rings. The van der Waals surface area contributed by atoms with Gasteiger partial charge in [0.15, 0.2) is 0 Å². The lowest BCUT2D eigenvalue weighted by Crippen LogP contribution is -2.40. The van der Waals surface area contributed by atoms with Gasteiger partial charge in [-0.2, -0.15) is 0 Å². The van der Waals surface area contributed by atoms with Gasteiger partial charge < -0.3 is 19.5 Å².